The molecule has 2 heterocycles. The summed E-state index contributed by atoms with van der Waals surface area (Å²) in [6.45, 7) is 13.5. The Morgan fingerprint density at radius 2 is 1.83 bits per heavy atom. The summed E-state index contributed by atoms with van der Waals surface area (Å²) in [5.74, 6) is 3.10. The van der Waals surface area contributed by atoms with Crippen LogP contribution >= 0.6 is 0 Å². The number of nitrogens with zero attached hydrogens (tertiary/aromatic N) is 4. The Morgan fingerprint density at radius 1 is 1.13 bits per heavy atom. The molecule has 23 heavy (non-hydrogen) atoms. The van der Waals surface area contributed by atoms with Crippen LogP contribution in [-0.4, -0.2) is 19.1 Å². The van der Waals surface area contributed by atoms with Crippen molar-refractivity contribution in [3.63, 3.8) is 0 Å². The molecule has 1 saturated carbocycles. The average Bonchev–Trinajstić information content (AvgIpc) is 3.00. The van der Waals surface area contributed by atoms with Gasteiger partial charge in [0.05, 0.1) is 5.69 Å². The molecule has 0 unspecified atom stereocenters. The van der Waals surface area contributed by atoms with Crippen molar-refractivity contribution in [1.82, 2.24) is 19.1 Å². The first kappa shape index (κ1) is 16.3. The van der Waals surface area contributed by atoms with E-state index in [0.717, 1.165) is 12.8 Å². The van der Waals surface area contributed by atoms with E-state index in [0.29, 0.717) is 5.92 Å². The molecule has 0 atom stereocenters. The highest BCUT2D eigenvalue weighted by atomic mass is 15.1. The van der Waals surface area contributed by atoms with Gasteiger partial charge in [-0.15, -0.1) is 0 Å². The van der Waals surface area contributed by atoms with E-state index >= 15 is 0 Å². The van der Waals surface area contributed by atoms with Crippen LogP contribution in [0, 0.1) is 0 Å². The van der Waals surface area contributed by atoms with Gasteiger partial charge in [0, 0.05) is 48.4 Å². The maximum atomic E-state index is 4.91. The highest BCUT2D eigenvalue weighted by Crippen LogP contribution is 2.41. The number of aromatic nitrogens is 4. The van der Waals surface area contributed by atoms with Crippen molar-refractivity contribution >= 4 is 0 Å². The zero-order chi connectivity index (χ0) is 16.8. The minimum atomic E-state index is -0.00347. The van der Waals surface area contributed by atoms with Crippen molar-refractivity contribution in [3.05, 3.63) is 35.9 Å². The second kappa shape index (κ2) is 5.50. The highest BCUT2D eigenvalue weighted by Gasteiger charge is 2.33. The molecule has 3 rings (SSSR count). The van der Waals surface area contributed by atoms with E-state index in [1.807, 2.05) is 6.20 Å². The molecule has 0 radical (unpaired) electrons. The van der Waals surface area contributed by atoms with Crippen molar-refractivity contribution in [2.24, 2.45) is 0 Å². The number of hydrogen-bond donors (Lipinski definition) is 0. The molecule has 126 valence electrons. The Balaban J connectivity index is 1.88. The second-order valence-electron chi connectivity index (χ2n) is 8.46. The fourth-order valence-corrected chi connectivity index (χ4v) is 3.39. The Hall–Kier alpha value is -1.58. The van der Waals surface area contributed by atoms with Gasteiger partial charge in [-0.05, 0) is 47.5 Å². The van der Waals surface area contributed by atoms with E-state index in [2.05, 4.69) is 68.1 Å². The SMILES string of the molecule is CCc1nc(CC(C)(C)n2ccnc2C2CC2)cn1C(C)(C)C. The predicted octanol–water partition coefficient (Wildman–Crippen LogP) is 4.25. The summed E-state index contributed by atoms with van der Waals surface area (Å²) in [4.78, 5) is 9.51. The molecule has 1 aliphatic carbocycles. The van der Waals surface area contributed by atoms with Gasteiger partial charge in [-0.3, -0.25) is 0 Å². The van der Waals surface area contributed by atoms with Crippen molar-refractivity contribution in [2.75, 3.05) is 0 Å². The summed E-state index contributed by atoms with van der Waals surface area (Å²) in [7, 11) is 0. The van der Waals surface area contributed by atoms with Crippen LogP contribution in [0.3, 0.4) is 0 Å². The predicted molar refractivity (Wildman–Crippen MR) is 93.8 cm³/mol. The third kappa shape index (κ3) is 3.22. The quantitative estimate of drug-likeness (QED) is 0.827. The lowest BCUT2D eigenvalue weighted by Gasteiger charge is -2.28. The first-order valence-electron chi connectivity index (χ1n) is 8.83. The minimum Gasteiger partial charge on any atom is -0.329 e. The number of hydrogen-bond acceptors (Lipinski definition) is 2. The molecule has 1 aliphatic rings. The maximum absolute atomic E-state index is 4.91. The van der Waals surface area contributed by atoms with Gasteiger partial charge in [0.2, 0.25) is 0 Å². The molecule has 0 saturated heterocycles. The zero-order valence-corrected chi connectivity index (χ0v) is 15.4. The largest absolute Gasteiger partial charge is 0.329 e. The van der Waals surface area contributed by atoms with Crippen LogP contribution in [0.1, 0.15) is 77.6 Å². The molecule has 4 heteroatoms. The third-order valence-corrected chi connectivity index (χ3v) is 4.75. The van der Waals surface area contributed by atoms with Crippen molar-refractivity contribution in [1.29, 1.82) is 0 Å². The number of aryl methyl sites for hydroxylation is 1. The fraction of sp³-hybridized carbons (Fsp3) is 0.684. The van der Waals surface area contributed by atoms with Crippen LogP contribution in [0.5, 0.6) is 0 Å². The lowest BCUT2D eigenvalue weighted by molar-refractivity contribution is 0.337. The van der Waals surface area contributed by atoms with E-state index in [1.165, 1.54) is 30.2 Å². The topological polar surface area (TPSA) is 35.6 Å². The fourth-order valence-electron chi connectivity index (χ4n) is 3.39. The van der Waals surface area contributed by atoms with E-state index in [-0.39, 0.29) is 11.1 Å². The van der Waals surface area contributed by atoms with Gasteiger partial charge in [0.25, 0.3) is 0 Å². The molecular formula is C19H30N4. The molecule has 0 aliphatic heterocycles. The third-order valence-electron chi connectivity index (χ3n) is 4.75. The summed E-state index contributed by atoms with van der Waals surface area (Å²) in [6, 6.07) is 0. The van der Waals surface area contributed by atoms with Crippen molar-refractivity contribution in [3.8, 4) is 0 Å². The molecule has 4 nitrogen and oxygen atoms in total. The molecule has 0 bridgehead atoms. The van der Waals surface area contributed by atoms with Gasteiger partial charge in [0.1, 0.15) is 11.6 Å². The lowest BCUT2D eigenvalue weighted by atomic mass is 9.98. The standard InChI is InChI=1S/C19H30N4/c1-7-16-21-15(13-23(16)18(2,3)4)12-19(5,6)22-11-10-20-17(22)14-8-9-14/h10-11,13-14H,7-9,12H2,1-6H3. The lowest BCUT2D eigenvalue weighted by Crippen LogP contribution is -2.30. The first-order valence-corrected chi connectivity index (χ1v) is 8.83. The van der Waals surface area contributed by atoms with Crippen molar-refractivity contribution in [2.45, 2.75) is 84.2 Å². The summed E-state index contributed by atoms with van der Waals surface area (Å²) >= 11 is 0. The van der Waals surface area contributed by atoms with Crippen LogP contribution in [-0.2, 0) is 23.9 Å². The van der Waals surface area contributed by atoms with Gasteiger partial charge in [0.15, 0.2) is 0 Å². The monoisotopic (exact) mass is 314 g/mol. The van der Waals surface area contributed by atoms with Gasteiger partial charge >= 0.3 is 0 Å². The van der Waals surface area contributed by atoms with Crippen LogP contribution in [0.4, 0.5) is 0 Å². The zero-order valence-electron chi connectivity index (χ0n) is 15.4. The van der Waals surface area contributed by atoms with Crippen LogP contribution in [0.2, 0.25) is 0 Å². The van der Waals surface area contributed by atoms with Gasteiger partial charge < -0.3 is 9.13 Å². The van der Waals surface area contributed by atoms with Gasteiger partial charge in [-0.25, -0.2) is 9.97 Å². The smallest absolute Gasteiger partial charge is 0.112 e. The van der Waals surface area contributed by atoms with Crippen LogP contribution < -0.4 is 0 Å². The molecular weight excluding hydrogens is 284 g/mol. The Bertz CT molecular complexity index is 681. The molecule has 0 spiro atoms. The summed E-state index contributed by atoms with van der Waals surface area (Å²) < 4.78 is 4.69. The second-order valence-corrected chi connectivity index (χ2v) is 8.46. The van der Waals surface area contributed by atoms with E-state index in [1.54, 1.807) is 0 Å². The summed E-state index contributed by atoms with van der Waals surface area (Å²) in [6.07, 6.45) is 10.8. The normalized spacial score (nSPS) is 16.1. The number of imidazole rings is 2. The Morgan fingerprint density at radius 3 is 2.35 bits per heavy atom. The molecule has 0 amide bonds. The Labute approximate surface area is 140 Å². The average molecular weight is 314 g/mol. The van der Waals surface area contributed by atoms with E-state index in [4.69, 9.17) is 4.98 Å². The van der Waals surface area contributed by atoms with Crippen LogP contribution in [0.25, 0.3) is 0 Å². The highest BCUT2D eigenvalue weighted by molar-refractivity contribution is 5.14. The molecule has 0 aromatic carbocycles. The van der Waals surface area contributed by atoms with Crippen molar-refractivity contribution < 1.29 is 0 Å². The summed E-state index contributed by atoms with van der Waals surface area (Å²) in [5.41, 5.74) is 1.25. The molecule has 1 fully saturated rings. The molecule has 2 aromatic rings. The summed E-state index contributed by atoms with van der Waals surface area (Å²) in [5, 5.41) is 0. The van der Waals surface area contributed by atoms with Crippen LogP contribution in [0.15, 0.2) is 18.6 Å². The maximum Gasteiger partial charge on any atom is 0.112 e. The first-order chi connectivity index (χ1) is 10.7. The van der Waals surface area contributed by atoms with Gasteiger partial charge in [-0.1, -0.05) is 6.92 Å². The minimum absolute atomic E-state index is 0.00347. The molecule has 0 N–H and O–H groups in total. The molecule has 2 aromatic heterocycles. The van der Waals surface area contributed by atoms with E-state index < -0.39 is 0 Å². The van der Waals surface area contributed by atoms with Gasteiger partial charge in [-0.2, -0.15) is 0 Å². The Kier molecular flexibility index (Phi) is 3.89. The number of rotatable bonds is 5. The van der Waals surface area contributed by atoms with E-state index in [9.17, 15) is 0 Å².